The first-order chi connectivity index (χ1) is 11.5. The van der Waals surface area contributed by atoms with Crippen LogP contribution in [0.25, 0.3) is 10.2 Å². The van der Waals surface area contributed by atoms with E-state index in [1.807, 2.05) is 24.3 Å². The molecule has 0 aliphatic heterocycles. The maximum absolute atomic E-state index is 13.7. The molecule has 3 rings (SSSR count). The number of hydrogen-bond donors (Lipinski definition) is 1. The Bertz CT molecular complexity index is 845. The van der Waals surface area contributed by atoms with Crippen LogP contribution in [0.5, 0.6) is 0 Å². The molecule has 1 atom stereocenters. The Kier molecular flexibility index (Phi) is 4.85. The molecule has 3 nitrogen and oxygen atoms in total. The lowest BCUT2D eigenvalue weighted by atomic mass is 10.1. The van der Waals surface area contributed by atoms with Gasteiger partial charge in [-0.1, -0.05) is 18.2 Å². The average molecular weight is 346 g/mol. The van der Waals surface area contributed by atoms with Crippen molar-refractivity contribution in [1.82, 2.24) is 10.3 Å². The third-order valence-electron chi connectivity index (χ3n) is 3.71. The van der Waals surface area contributed by atoms with Crippen LogP contribution in [0, 0.1) is 11.6 Å². The van der Waals surface area contributed by atoms with E-state index in [9.17, 15) is 13.6 Å². The summed E-state index contributed by atoms with van der Waals surface area (Å²) >= 11 is 1.57. The van der Waals surface area contributed by atoms with Gasteiger partial charge in [0, 0.05) is 24.5 Å². The molecule has 1 N–H and O–H groups in total. The highest BCUT2D eigenvalue weighted by Crippen LogP contribution is 2.23. The van der Waals surface area contributed by atoms with Crippen LogP contribution in [0.2, 0.25) is 0 Å². The van der Waals surface area contributed by atoms with E-state index >= 15 is 0 Å². The van der Waals surface area contributed by atoms with Crippen LogP contribution in [0.15, 0.2) is 42.5 Å². The van der Waals surface area contributed by atoms with Crippen LogP contribution >= 0.6 is 11.3 Å². The number of hydrogen-bond acceptors (Lipinski definition) is 3. The lowest BCUT2D eigenvalue weighted by Gasteiger charge is -2.15. The number of para-hydroxylation sites is 1. The van der Waals surface area contributed by atoms with Crippen LogP contribution in [-0.4, -0.2) is 10.9 Å². The molecule has 0 unspecified atom stereocenters. The van der Waals surface area contributed by atoms with E-state index < -0.39 is 17.7 Å². The quantitative estimate of drug-likeness (QED) is 0.745. The van der Waals surface area contributed by atoms with Crippen molar-refractivity contribution in [1.29, 1.82) is 0 Å². The average Bonchev–Trinajstić information content (AvgIpc) is 2.95. The van der Waals surface area contributed by atoms with Gasteiger partial charge in [-0.3, -0.25) is 4.79 Å². The Morgan fingerprint density at radius 1 is 1.25 bits per heavy atom. The minimum absolute atomic E-state index is 0.189. The van der Waals surface area contributed by atoms with E-state index in [2.05, 4.69) is 10.3 Å². The van der Waals surface area contributed by atoms with Gasteiger partial charge in [0.15, 0.2) is 0 Å². The van der Waals surface area contributed by atoms with E-state index in [0.717, 1.165) is 21.3 Å². The standard InChI is InChI=1S/C18H16F2N2OS/c1-11(13-7-6-12(19)10-14(13)20)21-17(23)8-9-18-22-15-4-2-3-5-16(15)24-18/h2-7,10-11H,8-9H2,1H3,(H,21,23)/t11-/m0/s1. The van der Waals surface area contributed by atoms with Gasteiger partial charge in [0.05, 0.1) is 21.3 Å². The molecular weight excluding hydrogens is 330 g/mol. The molecule has 6 heteroatoms. The molecule has 1 aromatic heterocycles. The highest BCUT2D eigenvalue weighted by atomic mass is 32.1. The fraction of sp³-hybridized carbons (Fsp3) is 0.222. The number of nitrogens with one attached hydrogen (secondary N) is 1. The maximum Gasteiger partial charge on any atom is 0.220 e. The highest BCUT2D eigenvalue weighted by molar-refractivity contribution is 7.18. The molecular formula is C18H16F2N2OS. The van der Waals surface area contributed by atoms with Crippen molar-refractivity contribution >= 4 is 27.5 Å². The number of thiazole rings is 1. The molecule has 0 spiro atoms. The van der Waals surface area contributed by atoms with Crippen molar-refractivity contribution in [2.24, 2.45) is 0 Å². The predicted molar refractivity (Wildman–Crippen MR) is 90.9 cm³/mol. The zero-order valence-electron chi connectivity index (χ0n) is 13.1. The second-order valence-corrected chi connectivity index (χ2v) is 6.65. The molecule has 0 aliphatic rings. The number of rotatable bonds is 5. The van der Waals surface area contributed by atoms with Crippen molar-refractivity contribution in [3.63, 3.8) is 0 Å². The monoisotopic (exact) mass is 346 g/mol. The van der Waals surface area contributed by atoms with Gasteiger partial charge in [0.2, 0.25) is 5.91 Å². The summed E-state index contributed by atoms with van der Waals surface area (Å²) in [6, 6.07) is 10.6. The second kappa shape index (κ2) is 7.05. The fourth-order valence-electron chi connectivity index (χ4n) is 2.49. The molecule has 1 heterocycles. The molecule has 0 saturated carbocycles. The van der Waals surface area contributed by atoms with Crippen molar-refractivity contribution in [2.75, 3.05) is 0 Å². The van der Waals surface area contributed by atoms with Gasteiger partial charge in [-0.2, -0.15) is 0 Å². The second-order valence-electron chi connectivity index (χ2n) is 5.53. The zero-order valence-corrected chi connectivity index (χ0v) is 13.9. The fourth-order valence-corrected chi connectivity index (χ4v) is 3.46. The number of nitrogens with zero attached hydrogens (tertiary/aromatic N) is 1. The number of carbonyl (C=O) groups is 1. The number of benzene rings is 2. The minimum atomic E-state index is -0.658. The number of halogens is 2. The van der Waals surface area contributed by atoms with E-state index in [1.165, 1.54) is 12.1 Å². The van der Waals surface area contributed by atoms with E-state index in [1.54, 1.807) is 18.3 Å². The van der Waals surface area contributed by atoms with Crippen LogP contribution in [0.3, 0.4) is 0 Å². The Morgan fingerprint density at radius 3 is 2.79 bits per heavy atom. The summed E-state index contributed by atoms with van der Waals surface area (Å²) < 4.78 is 27.7. The van der Waals surface area contributed by atoms with Gasteiger partial charge in [-0.25, -0.2) is 13.8 Å². The number of fused-ring (bicyclic) bond motifs is 1. The number of aryl methyl sites for hydroxylation is 1. The third-order valence-corrected chi connectivity index (χ3v) is 4.81. The summed E-state index contributed by atoms with van der Waals surface area (Å²) in [7, 11) is 0. The SMILES string of the molecule is C[C@H](NC(=O)CCc1nc2ccccc2s1)c1ccc(F)cc1F. The number of aromatic nitrogens is 1. The third kappa shape index (κ3) is 3.76. The summed E-state index contributed by atoms with van der Waals surface area (Å²) in [6.45, 7) is 1.67. The molecule has 0 aliphatic carbocycles. The number of carbonyl (C=O) groups excluding carboxylic acids is 1. The van der Waals surface area contributed by atoms with Gasteiger partial charge in [-0.05, 0) is 25.1 Å². The molecule has 3 aromatic rings. The summed E-state index contributed by atoms with van der Waals surface area (Å²) in [5.74, 6) is -1.48. The minimum Gasteiger partial charge on any atom is -0.349 e. The van der Waals surface area contributed by atoms with Crippen LogP contribution in [0.1, 0.15) is 30.0 Å². The van der Waals surface area contributed by atoms with Gasteiger partial charge < -0.3 is 5.32 Å². The zero-order chi connectivity index (χ0) is 17.1. The predicted octanol–water partition coefficient (Wildman–Crippen LogP) is 4.38. The van der Waals surface area contributed by atoms with E-state index in [-0.39, 0.29) is 17.9 Å². The number of amides is 1. The van der Waals surface area contributed by atoms with Gasteiger partial charge >= 0.3 is 0 Å². The first-order valence-corrected chi connectivity index (χ1v) is 8.43. The Labute approximate surface area is 142 Å². The van der Waals surface area contributed by atoms with Crippen molar-refractivity contribution in [3.8, 4) is 0 Å². The smallest absolute Gasteiger partial charge is 0.220 e. The lowest BCUT2D eigenvalue weighted by Crippen LogP contribution is -2.27. The van der Waals surface area contributed by atoms with Crippen LogP contribution in [0.4, 0.5) is 8.78 Å². The first-order valence-electron chi connectivity index (χ1n) is 7.61. The molecule has 0 bridgehead atoms. The van der Waals surface area contributed by atoms with Gasteiger partial charge in [0.1, 0.15) is 11.6 Å². The van der Waals surface area contributed by atoms with Crippen molar-refractivity contribution < 1.29 is 13.6 Å². The van der Waals surface area contributed by atoms with E-state index in [4.69, 9.17) is 0 Å². The molecule has 24 heavy (non-hydrogen) atoms. The lowest BCUT2D eigenvalue weighted by molar-refractivity contribution is -0.121. The van der Waals surface area contributed by atoms with E-state index in [0.29, 0.717) is 6.42 Å². The topological polar surface area (TPSA) is 42.0 Å². The largest absolute Gasteiger partial charge is 0.349 e. The van der Waals surface area contributed by atoms with Crippen molar-refractivity contribution in [2.45, 2.75) is 25.8 Å². The maximum atomic E-state index is 13.7. The molecule has 124 valence electrons. The molecule has 0 radical (unpaired) electrons. The Morgan fingerprint density at radius 2 is 2.04 bits per heavy atom. The molecule has 2 aromatic carbocycles. The van der Waals surface area contributed by atoms with Gasteiger partial charge in [-0.15, -0.1) is 11.3 Å². The van der Waals surface area contributed by atoms with Gasteiger partial charge in [0.25, 0.3) is 0 Å². The Hall–Kier alpha value is -2.34. The Balaban J connectivity index is 1.58. The van der Waals surface area contributed by atoms with Crippen LogP contribution in [-0.2, 0) is 11.2 Å². The normalized spacial score (nSPS) is 12.3. The highest BCUT2D eigenvalue weighted by Gasteiger charge is 2.15. The molecule has 0 saturated heterocycles. The first kappa shape index (κ1) is 16.5. The molecule has 1 amide bonds. The summed E-state index contributed by atoms with van der Waals surface area (Å²) in [6.07, 6.45) is 0.802. The summed E-state index contributed by atoms with van der Waals surface area (Å²) in [4.78, 5) is 16.5. The summed E-state index contributed by atoms with van der Waals surface area (Å²) in [5.41, 5.74) is 1.20. The van der Waals surface area contributed by atoms with Crippen LogP contribution < -0.4 is 5.32 Å². The van der Waals surface area contributed by atoms with Crippen molar-refractivity contribution in [3.05, 3.63) is 64.7 Å². The molecule has 0 fully saturated rings. The summed E-state index contributed by atoms with van der Waals surface area (Å²) in [5, 5.41) is 3.63.